The molecule has 126 valence electrons. The largest absolute Gasteiger partial charge is 0.488 e. The summed E-state index contributed by atoms with van der Waals surface area (Å²) < 4.78 is 29.2. The van der Waals surface area contributed by atoms with Crippen molar-refractivity contribution in [1.29, 1.82) is 0 Å². The van der Waals surface area contributed by atoms with Crippen LogP contribution in [0, 0.1) is 5.92 Å². The molecule has 7 heteroatoms. The molecule has 0 saturated carbocycles. The molecule has 22 heavy (non-hydrogen) atoms. The molecular formula is C15H24F2IN3O. The minimum absolute atomic E-state index is 0. The Hall–Kier alpha value is -1.12. The predicted octanol–water partition coefficient (Wildman–Crippen LogP) is 3.27. The number of hydrogen-bond donors (Lipinski definition) is 2. The molecule has 2 N–H and O–H groups in total. The van der Waals surface area contributed by atoms with Gasteiger partial charge in [0.2, 0.25) is 0 Å². The summed E-state index contributed by atoms with van der Waals surface area (Å²) in [5.41, 5.74) is 0.939. The fourth-order valence-electron chi connectivity index (χ4n) is 1.61. The van der Waals surface area contributed by atoms with Crippen LogP contribution in [0.25, 0.3) is 0 Å². The Balaban J connectivity index is 0.00000441. The number of hydrogen-bond acceptors (Lipinski definition) is 2. The first-order chi connectivity index (χ1) is 10.0. The monoisotopic (exact) mass is 427 g/mol. The molecule has 4 nitrogen and oxygen atoms in total. The smallest absolute Gasteiger partial charge is 0.272 e. The van der Waals surface area contributed by atoms with E-state index in [2.05, 4.69) is 29.5 Å². The molecule has 0 aliphatic carbocycles. The third-order valence-electron chi connectivity index (χ3n) is 2.64. The number of aliphatic imine (C=N–C) groups is 1. The molecule has 0 amide bonds. The summed E-state index contributed by atoms with van der Waals surface area (Å²) in [5.74, 6) is 1.68. The summed E-state index contributed by atoms with van der Waals surface area (Å²) in [6.45, 7) is 5.02. The maximum absolute atomic E-state index is 12.1. The SMILES string of the molecule is CN=C(NCc1cccc(OCC(F)F)c1)NCC(C)C.I. The Morgan fingerprint density at radius 1 is 1.27 bits per heavy atom. The number of nitrogens with zero attached hydrogens (tertiary/aromatic N) is 1. The fourth-order valence-corrected chi connectivity index (χ4v) is 1.61. The molecule has 0 aliphatic rings. The van der Waals surface area contributed by atoms with Crippen molar-refractivity contribution in [3.8, 4) is 5.75 Å². The van der Waals surface area contributed by atoms with E-state index >= 15 is 0 Å². The zero-order chi connectivity index (χ0) is 15.7. The van der Waals surface area contributed by atoms with Gasteiger partial charge in [-0.25, -0.2) is 8.78 Å². The fraction of sp³-hybridized carbons (Fsp3) is 0.533. The highest BCUT2D eigenvalue weighted by Crippen LogP contribution is 2.14. The van der Waals surface area contributed by atoms with Crippen molar-refractivity contribution in [3.05, 3.63) is 29.8 Å². The molecule has 0 fully saturated rings. The molecular weight excluding hydrogens is 403 g/mol. The number of guanidine groups is 1. The van der Waals surface area contributed by atoms with Crippen molar-refractivity contribution < 1.29 is 13.5 Å². The summed E-state index contributed by atoms with van der Waals surface area (Å²) in [5, 5.41) is 6.37. The van der Waals surface area contributed by atoms with Crippen LogP contribution in [0.1, 0.15) is 19.4 Å². The zero-order valence-corrected chi connectivity index (χ0v) is 15.4. The van der Waals surface area contributed by atoms with E-state index in [1.54, 1.807) is 25.2 Å². The van der Waals surface area contributed by atoms with Gasteiger partial charge in [-0.3, -0.25) is 4.99 Å². The molecule has 0 radical (unpaired) electrons. The summed E-state index contributed by atoms with van der Waals surface area (Å²) in [6.07, 6.45) is -2.47. The van der Waals surface area contributed by atoms with Crippen LogP contribution in [0.2, 0.25) is 0 Å². The van der Waals surface area contributed by atoms with Gasteiger partial charge in [0, 0.05) is 20.1 Å². The van der Waals surface area contributed by atoms with Gasteiger partial charge in [-0.15, -0.1) is 24.0 Å². The van der Waals surface area contributed by atoms with Gasteiger partial charge < -0.3 is 15.4 Å². The minimum atomic E-state index is -2.47. The second-order valence-electron chi connectivity index (χ2n) is 5.05. The Bertz CT molecular complexity index is 456. The molecule has 0 aliphatic heterocycles. The number of alkyl halides is 2. The normalized spacial score (nSPS) is 11.3. The second kappa shape index (κ2) is 11.4. The van der Waals surface area contributed by atoms with Crippen LogP contribution in [0.15, 0.2) is 29.3 Å². The highest BCUT2D eigenvalue weighted by Gasteiger charge is 2.04. The molecule has 0 saturated heterocycles. The van der Waals surface area contributed by atoms with E-state index in [9.17, 15) is 8.78 Å². The first kappa shape index (κ1) is 20.9. The number of benzene rings is 1. The third-order valence-corrected chi connectivity index (χ3v) is 2.64. The van der Waals surface area contributed by atoms with Gasteiger partial charge in [-0.05, 0) is 23.6 Å². The standard InChI is InChI=1S/C15H23F2N3O.HI/c1-11(2)8-19-15(18-3)20-9-12-5-4-6-13(7-12)21-10-14(16)17;/h4-7,11,14H,8-10H2,1-3H3,(H2,18,19,20);1H. The summed E-state index contributed by atoms with van der Waals surface area (Å²) in [4.78, 5) is 4.12. The molecule has 0 heterocycles. The quantitative estimate of drug-likeness (QED) is 0.399. The van der Waals surface area contributed by atoms with Gasteiger partial charge in [0.1, 0.15) is 12.4 Å². The summed E-state index contributed by atoms with van der Waals surface area (Å²) >= 11 is 0. The zero-order valence-electron chi connectivity index (χ0n) is 13.1. The van der Waals surface area contributed by atoms with E-state index in [4.69, 9.17) is 4.74 Å². The van der Waals surface area contributed by atoms with Crippen molar-refractivity contribution in [2.24, 2.45) is 10.9 Å². The van der Waals surface area contributed by atoms with Crippen LogP contribution in [-0.2, 0) is 6.54 Å². The Morgan fingerprint density at radius 3 is 2.59 bits per heavy atom. The van der Waals surface area contributed by atoms with Gasteiger partial charge in [-0.1, -0.05) is 26.0 Å². The van der Waals surface area contributed by atoms with E-state index < -0.39 is 13.0 Å². The van der Waals surface area contributed by atoms with E-state index in [0.717, 1.165) is 12.1 Å². The van der Waals surface area contributed by atoms with Gasteiger partial charge in [0.05, 0.1) is 0 Å². The van der Waals surface area contributed by atoms with Crippen LogP contribution >= 0.6 is 24.0 Å². The molecule has 1 aromatic rings. The molecule has 0 unspecified atom stereocenters. The van der Waals surface area contributed by atoms with Crippen LogP contribution in [0.4, 0.5) is 8.78 Å². The van der Waals surface area contributed by atoms with Crippen LogP contribution in [-0.4, -0.2) is 32.6 Å². The molecule has 1 rings (SSSR count). The van der Waals surface area contributed by atoms with E-state index in [0.29, 0.717) is 24.2 Å². The first-order valence-electron chi connectivity index (χ1n) is 6.95. The second-order valence-corrected chi connectivity index (χ2v) is 5.05. The van der Waals surface area contributed by atoms with Crippen LogP contribution < -0.4 is 15.4 Å². The van der Waals surface area contributed by atoms with Gasteiger partial charge in [0.15, 0.2) is 5.96 Å². The maximum Gasteiger partial charge on any atom is 0.272 e. The number of halogens is 3. The lowest BCUT2D eigenvalue weighted by Gasteiger charge is -2.14. The lowest BCUT2D eigenvalue weighted by molar-refractivity contribution is 0.0818. The number of ether oxygens (including phenoxy) is 1. The lowest BCUT2D eigenvalue weighted by atomic mass is 10.2. The highest BCUT2D eigenvalue weighted by atomic mass is 127. The van der Waals surface area contributed by atoms with Crippen molar-refractivity contribution >= 4 is 29.9 Å². The van der Waals surface area contributed by atoms with Crippen LogP contribution in [0.3, 0.4) is 0 Å². The van der Waals surface area contributed by atoms with Crippen molar-refractivity contribution in [1.82, 2.24) is 10.6 Å². The first-order valence-corrected chi connectivity index (χ1v) is 6.95. The average Bonchev–Trinajstić information content (AvgIpc) is 2.45. The molecule has 0 aromatic heterocycles. The number of rotatable bonds is 7. The molecule has 0 spiro atoms. The van der Waals surface area contributed by atoms with Gasteiger partial charge >= 0.3 is 0 Å². The van der Waals surface area contributed by atoms with Crippen molar-refractivity contribution in [3.63, 3.8) is 0 Å². The van der Waals surface area contributed by atoms with E-state index in [-0.39, 0.29) is 24.0 Å². The van der Waals surface area contributed by atoms with E-state index in [1.807, 2.05) is 6.07 Å². The predicted molar refractivity (Wildman–Crippen MR) is 96.4 cm³/mol. The number of nitrogens with one attached hydrogen (secondary N) is 2. The average molecular weight is 427 g/mol. The molecule has 0 atom stereocenters. The third kappa shape index (κ3) is 9.01. The summed E-state index contributed by atoms with van der Waals surface area (Å²) in [7, 11) is 1.71. The van der Waals surface area contributed by atoms with Crippen LogP contribution in [0.5, 0.6) is 5.75 Å². The lowest BCUT2D eigenvalue weighted by Crippen LogP contribution is -2.38. The van der Waals surface area contributed by atoms with Crippen molar-refractivity contribution in [2.45, 2.75) is 26.8 Å². The Morgan fingerprint density at radius 2 is 2.00 bits per heavy atom. The molecule has 1 aromatic carbocycles. The van der Waals surface area contributed by atoms with Gasteiger partial charge in [0.25, 0.3) is 6.43 Å². The Labute approximate surface area is 147 Å². The topological polar surface area (TPSA) is 45.7 Å². The maximum atomic E-state index is 12.1. The highest BCUT2D eigenvalue weighted by molar-refractivity contribution is 14.0. The van der Waals surface area contributed by atoms with E-state index in [1.165, 1.54) is 0 Å². The van der Waals surface area contributed by atoms with Gasteiger partial charge in [-0.2, -0.15) is 0 Å². The Kier molecular flexibility index (Phi) is 10.9. The molecule has 0 bridgehead atoms. The minimum Gasteiger partial charge on any atom is -0.488 e. The van der Waals surface area contributed by atoms with Crippen molar-refractivity contribution in [2.75, 3.05) is 20.2 Å². The summed E-state index contributed by atoms with van der Waals surface area (Å²) in [6, 6.07) is 7.09.